The molecule has 1 aromatic carbocycles. The van der Waals surface area contributed by atoms with Crippen LogP contribution in [0, 0.1) is 12.8 Å². The maximum Gasteiger partial charge on any atom is 0.306 e. The number of piperidine rings is 1. The molecule has 3 aromatic heterocycles. The Morgan fingerprint density at radius 2 is 2.00 bits per heavy atom. The topological polar surface area (TPSA) is 124 Å². The number of aromatic nitrogens is 5. The maximum absolute atomic E-state index is 13.4. The molecule has 5 rings (SSSR count). The fourth-order valence-corrected chi connectivity index (χ4v) is 6.00. The number of nitrogens with zero attached hydrogens (tertiary/aromatic N) is 6. The van der Waals surface area contributed by atoms with Crippen molar-refractivity contribution in [3.05, 3.63) is 59.6 Å². The fourth-order valence-electron chi connectivity index (χ4n) is 5.21. The van der Waals surface area contributed by atoms with Crippen molar-refractivity contribution in [3.63, 3.8) is 0 Å². The van der Waals surface area contributed by atoms with Crippen LogP contribution < -0.4 is 15.0 Å². The van der Waals surface area contributed by atoms with E-state index in [2.05, 4.69) is 30.5 Å². The molecule has 12 heteroatoms. The minimum absolute atomic E-state index is 0.175. The highest BCUT2D eigenvalue weighted by Crippen LogP contribution is 2.40. The Balaban J connectivity index is 1.38. The number of carbonyl (C=O) groups is 2. The van der Waals surface area contributed by atoms with E-state index < -0.39 is 5.60 Å². The van der Waals surface area contributed by atoms with E-state index in [0.717, 1.165) is 49.2 Å². The minimum Gasteiger partial charge on any atom is -0.460 e. The lowest BCUT2D eigenvalue weighted by Crippen LogP contribution is -2.37. The summed E-state index contributed by atoms with van der Waals surface area (Å²) in [6, 6.07) is 5.54. The fraction of sp³-hybridized carbons (Fsp3) is 0.419. The molecule has 0 unspecified atom stereocenters. The largest absolute Gasteiger partial charge is 0.460 e. The highest BCUT2D eigenvalue weighted by atomic mass is 32.1. The zero-order valence-electron chi connectivity index (χ0n) is 25.2. The van der Waals surface area contributed by atoms with Crippen molar-refractivity contribution in [2.45, 2.75) is 59.0 Å². The number of amides is 1. The number of carbonyl (C=O) groups excluding carboxylic acids is 2. The summed E-state index contributed by atoms with van der Waals surface area (Å²) in [6.45, 7) is 9.22. The second-order valence-corrected chi connectivity index (χ2v) is 12.6. The molecule has 1 N–H and O–H groups in total. The summed E-state index contributed by atoms with van der Waals surface area (Å²) in [5, 5.41) is 17.5. The molecule has 1 saturated heterocycles. The van der Waals surface area contributed by atoms with Gasteiger partial charge in [-0.05, 0) is 71.1 Å². The Morgan fingerprint density at radius 3 is 2.72 bits per heavy atom. The number of esters is 1. The van der Waals surface area contributed by atoms with Crippen molar-refractivity contribution >= 4 is 34.6 Å². The molecule has 0 radical (unpaired) electrons. The Bertz CT molecular complexity index is 1580. The van der Waals surface area contributed by atoms with Crippen LogP contribution in [-0.2, 0) is 16.6 Å². The Labute approximate surface area is 255 Å². The molecular formula is C31H37N7O4S. The molecule has 4 aromatic rings. The van der Waals surface area contributed by atoms with E-state index in [1.807, 2.05) is 52.9 Å². The highest BCUT2D eigenvalue weighted by Gasteiger charge is 2.27. The number of hydrogen-bond acceptors (Lipinski definition) is 10. The Kier molecular flexibility index (Phi) is 9.05. The lowest BCUT2D eigenvalue weighted by atomic mass is 9.92. The van der Waals surface area contributed by atoms with Crippen LogP contribution in [0.15, 0.2) is 48.4 Å². The highest BCUT2D eigenvalue weighted by molar-refractivity contribution is 7.13. The van der Waals surface area contributed by atoms with Gasteiger partial charge >= 0.3 is 5.97 Å². The van der Waals surface area contributed by atoms with Crippen molar-refractivity contribution in [2.75, 3.05) is 23.3 Å². The Morgan fingerprint density at radius 1 is 1.16 bits per heavy atom. The molecule has 0 bridgehead atoms. The lowest BCUT2D eigenvalue weighted by molar-refractivity contribution is -0.155. The van der Waals surface area contributed by atoms with Crippen molar-refractivity contribution < 1.29 is 19.1 Å². The van der Waals surface area contributed by atoms with Gasteiger partial charge in [-0.2, -0.15) is 15.3 Å². The van der Waals surface area contributed by atoms with Crippen LogP contribution in [0.4, 0.5) is 11.4 Å². The molecule has 1 amide bonds. The summed E-state index contributed by atoms with van der Waals surface area (Å²) in [5.41, 5.74) is 3.10. The van der Waals surface area contributed by atoms with Crippen LogP contribution in [0.25, 0.3) is 10.6 Å². The molecule has 1 aliphatic rings. The number of ether oxygens (including phenoxy) is 2. The zero-order valence-corrected chi connectivity index (χ0v) is 26.0. The lowest BCUT2D eigenvalue weighted by Gasteiger charge is -2.37. The van der Waals surface area contributed by atoms with Crippen LogP contribution in [0.2, 0.25) is 0 Å². The van der Waals surface area contributed by atoms with E-state index in [0.29, 0.717) is 40.2 Å². The third-order valence-corrected chi connectivity index (χ3v) is 8.01. The second-order valence-electron chi connectivity index (χ2n) is 11.7. The maximum atomic E-state index is 13.4. The van der Waals surface area contributed by atoms with Gasteiger partial charge in [-0.3, -0.25) is 14.3 Å². The van der Waals surface area contributed by atoms with Crippen LogP contribution >= 0.6 is 11.3 Å². The van der Waals surface area contributed by atoms with Crippen molar-refractivity contribution in [1.29, 1.82) is 0 Å². The monoisotopic (exact) mass is 603 g/mol. The first-order chi connectivity index (χ1) is 20.6. The number of rotatable bonds is 9. The van der Waals surface area contributed by atoms with E-state index in [9.17, 15) is 9.59 Å². The van der Waals surface area contributed by atoms with E-state index in [1.165, 1.54) is 11.3 Å². The van der Waals surface area contributed by atoms with Gasteiger partial charge < -0.3 is 19.7 Å². The van der Waals surface area contributed by atoms with Gasteiger partial charge in [0.25, 0.3) is 5.91 Å². The van der Waals surface area contributed by atoms with Crippen molar-refractivity contribution in [3.8, 4) is 22.1 Å². The predicted molar refractivity (Wildman–Crippen MR) is 166 cm³/mol. The smallest absolute Gasteiger partial charge is 0.306 e. The molecule has 226 valence electrons. The van der Waals surface area contributed by atoms with Crippen molar-refractivity contribution in [1.82, 2.24) is 25.0 Å². The van der Waals surface area contributed by atoms with Gasteiger partial charge in [-0.25, -0.2) is 4.98 Å². The zero-order chi connectivity index (χ0) is 30.6. The number of anilines is 2. The standard InChI is InChI=1S/C31H37N7O4S/c1-20-26(41-23-16-34-37(5)18-23)10-9-24(35-29(40)25-19-43-30(36-25)22-12-13-32-33-15-22)28(20)38-14-6-7-21(17-38)8-11-27(39)42-31(2,3)4/h9-10,12-13,15-16,18-19,21H,6-8,11,14,17H2,1-5H3,(H,35,40)/t21-/m0/s1. The number of benzene rings is 1. The van der Waals surface area contributed by atoms with Crippen LogP contribution in [-0.4, -0.2) is 55.5 Å². The first-order valence-electron chi connectivity index (χ1n) is 14.4. The molecule has 0 spiro atoms. The Hall–Kier alpha value is -4.32. The number of thiazole rings is 1. The SMILES string of the molecule is Cc1c(Oc2cnn(C)c2)ccc(NC(=O)c2csc(-c3ccnnc3)n2)c1N1CCC[C@@H](CCC(=O)OC(C)(C)C)C1. The van der Waals surface area contributed by atoms with Crippen LogP contribution in [0.1, 0.15) is 62.5 Å². The van der Waals surface area contributed by atoms with Gasteiger partial charge in [0.1, 0.15) is 22.1 Å². The van der Waals surface area contributed by atoms with Gasteiger partial charge in [0.05, 0.1) is 36.2 Å². The normalized spacial score (nSPS) is 15.3. The number of nitrogens with one attached hydrogen (secondary N) is 1. The number of hydrogen-bond donors (Lipinski definition) is 1. The molecule has 1 fully saturated rings. The summed E-state index contributed by atoms with van der Waals surface area (Å²) in [5.74, 6) is 1.14. The quantitative estimate of drug-likeness (QED) is 0.229. The molecule has 1 atom stereocenters. The average Bonchev–Trinajstić information content (AvgIpc) is 3.63. The van der Waals surface area contributed by atoms with Gasteiger partial charge in [0.15, 0.2) is 5.75 Å². The molecule has 0 aliphatic carbocycles. The van der Waals surface area contributed by atoms with Gasteiger partial charge in [-0.1, -0.05) is 0 Å². The minimum atomic E-state index is -0.498. The molecule has 1 aliphatic heterocycles. The first kappa shape index (κ1) is 30.1. The average molecular weight is 604 g/mol. The molecule has 43 heavy (non-hydrogen) atoms. The van der Waals surface area contributed by atoms with Crippen LogP contribution in [0.5, 0.6) is 11.5 Å². The summed E-state index contributed by atoms with van der Waals surface area (Å²) >= 11 is 1.38. The molecule has 4 heterocycles. The summed E-state index contributed by atoms with van der Waals surface area (Å²) in [4.78, 5) is 32.7. The van der Waals surface area contributed by atoms with E-state index in [-0.39, 0.29) is 11.9 Å². The third-order valence-electron chi connectivity index (χ3n) is 7.12. The summed E-state index contributed by atoms with van der Waals surface area (Å²) in [6.07, 6.45) is 9.80. The van der Waals surface area contributed by atoms with Gasteiger partial charge in [0, 0.05) is 43.1 Å². The van der Waals surface area contributed by atoms with E-state index in [1.54, 1.807) is 34.8 Å². The summed E-state index contributed by atoms with van der Waals surface area (Å²) < 4.78 is 13.4. The van der Waals surface area contributed by atoms with Crippen LogP contribution in [0.3, 0.4) is 0 Å². The van der Waals surface area contributed by atoms with Gasteiger partial charge in [-0.15, -0.1) is 11.3 Å². The van der Waals surface area contributed by atoms with E-state index in [4.69, 9.17) is 9.47 Å². The molecular weight excluding hydrogens is 566 g/mol. The summed E-state index contributed by atoms with van der Waals surface area (Å²) in [7, 11) is 1.84. The predicted octanol–water partition coefficient (Wildman–Crippen LogP) is 6.02. The van der Waals surface area contributed by atoms with E-state index >= 15 is 0 Å². The second kappa shape index (κ2) is 12.9. The molecule has 11 nitrogen and oxygen atoms in total. The first-order valence-corrected chi connectivity index (χ1v) is 15.2. The molecule has 0 saturated carbocycles. The van der Waals surface area contributed by atoms with Gasteiger partial charge in [0.2, 0.25) is 0 Å². The number of aryl methyl sites for hydroxylation is 1. The third kappa shape index (κ3) is 7.75. The van der Waals surface area contributed by atoms with Crippen molar-refractivity contribution in [2.24, 2.45) is 13.0 Å².